The second-order valence-corrected chi connectivity index (χ2v) is 12.2. The zero-order valence-electron chi connectivity index (χ0n) is 29.7. The van der Waals surface area contributed by atoms with Gasteiger partial charge in [0.1, 0.15) is 0 Å². The molecule has 2 aromatic carbocycles. The quantitative estimate of drug-likeness (QED) is 0.122. The molecule has 4 heterocycles. The third kappa shape index (κ3) is 8.22. The number of benzene rings is 2. The highest BCUT2D eigenvalue weighted by Crippen LogP contribution is 2.22. The topological polar surface area (TPSA) is 71.3 Å². The van der Waals surface area contributed by atoms with Gasteiger partial charge in [-0.2, -0.15) is 10.2 Å². The lowest BCUT2D eigenvalue weighted by Gasteiger charge is -2.10. The van der Waals surface area contributed by atoms with Crippen molar-refractivity contribution in [2.24, 2.45) is 0 Å². The molecule has 0 saturated carbocycles. The Bertz CT molecular complexity index is 1840. The Hall–Kier alpha value is -4.72. The minimum atomic E-state index is 0.862. The zero-order chi connectivity index (χ0) is 33.9. The Labute approximate surface area is 286 Å². The van der Waals surface area contributed by atoms with Crippen LogP contribution < -0.4 is 0 Å². The van der Waals surface area contributed by atoms with E-state index in [0.29, 0.717) is 0 Å². The molecule has 0 atom stereocenters. The Balaban J connectivity index is 0.000000188. The van der Waals surface area contributed by atoms with Crippen LogP contribution in [0.2, 0.25) is 0 Å². The summed E-state index contributed by atoms with van der Waals surface area (Å²) >= 11 is 0. The lowest BCUT2D eigenvalue weighted by molar-refractivity contribution is 0.617. The van der Waals surface area contributed by atoms with Gasteiger partial charge in [0.15, 0.2) is 0 Å². The van der Waals surface area contributed by atoms with Gasteiger partial charge in [-0.25, -0.2) is 9.97 Å². The maximum absolute atomic E-state index is 4.80. The lowest BCUT2D eigenvalue weighted by atomic mass is 10.0. The summed E-state index contributed by atoms with van der Waals surface area (Å²) < 4.78 is 8.71. The van der Waals surface area contributed by atoms with Crippen LogP contribution >= 0.6 is 0 Å². The van der Waals surface area contributed by atoms with E-state index in [1.807, 2.05) is 24.9 Å². The maximum atomic E-state index is 4.80. The summed E-state index contributed by atoms with van der Waals surface area (Å²) in [6.07, 6.45) is 13.8. The van der Waals surface area contributed by atoms with Crippen LogP contribution in [0.15, 0.2) is 85.7 Å². The van der Waals surface area contributed by atoms with Gasteiger partial charge in [-0.05, 0) is 50.7 Å². The van der Waals surface area contributed by atoms with Crippen molar-refractivity contribution in [2.45, 2.75) is 106 Å². The number of aryl methyl sites for hydroxylation is 4. The largest absolute Gasteiger partial charge is 0.333 e. The molecule has 48 heavy (non-hydrogen) atoms. The molecule has 8 heteroatoms. The first-order valence-electron chi connectivity index (χ1n) is 17.7. The average Bonchev–Trinajstić information content (AvgIpc) is 3.91. The van der Waals surface area contributed by atoms with E-state index in [1.165, 1.54) is 50.7 Å². The van der Waals surface area contributed by atoms with Crippen LogP contribution in [0.4, 0.5) is 0 Å². The fraction of sp³-hybridized carbons (Fsp3) is 0.400. The number of aromatic nitrogens is 8. The van der Waals surface area contributed by atoms with E-state index in [4.69, 9.17) is 10.2 Å². The maximum Gasteiger partial charge on any atom is 0.0952 e. The molecule has 0 saturated heterocycles. The molecule has 6 rings (SSSR count). The monoisotopic (exact) mass is 644 g/mol. The molecule has 0 amide bonds. The van der Waals surface area contributed by atoms with Gasteiger partial charge in [-0.1, -0.05) is 88.4 Å². The highest BCUT2D eigenvalue weighted by atomic mass is 15.3. The van der Waals surface area contributed by atoms with Crippen LogP contribution in [0, 0.1) is 0 Å². The summed E-state index contributed by atoms with van der Waals surface area (Å²) in [5, 5.41) is 9.57. The number of rotatable bonds is 14. The summed E-state index contributed by atoms with van der Waals surface area (Å²) in [6.45, 7) is 16.7. The van der Waals surface area contributed by atoms with Gasteiger partial charge in [-0.3, -0.25) is 9.36 Å². The smallest absolute Gasteiger partial charge is 0.0952 e. The van der Waals surface area contributed by atoms with Gasteiger partial charge >= 0.3 is 0 Å². The molecule has 0 fully saturated rings. The molecule has 0 aliphatic rings. The Morgan fingerprint density at radius 1 is 0.583 bits per heavy atom. The molecule has 0 aliphatic heterocycles. The predicted molar refractivity (Wildman–Crippen MR) is 194 cm³/mol. The van der Waals surface area contributed by atoms with Gasteiger partial charge in [0, 0.05) is 79.6 Å². The fourth-order valence-electron chi connectivity index (χ4n) is 6.63. The fourth-order valence-corrected chi connectivity index (χ4v) is 6.63. The van der Waals surface area contributed by atoms with E-state index in [1.54, 1.807) is 0 Å². The van der Waals surface area contributed by atoms with E-state index in [0.717, 1.165) is 70.4 Å². The molecule has 0 N–H and O–H groups in total. The molecule has 0 bridgehead atoms. The zero-order valence-corrected chi connectivity index (χ0v) is 29.7. The van der Waals surface area contributed by atoms with Crippen LogP contribution in [0.1, 0.15) is 98.0 Å². The molecular formula is C40H52N8. The summed E-state index contributed by atoms with van der Waals surface area (Å²) in [6, 6.07) is 21.0. The Kier molecular flexibility index (Phi) is 12.2. The van der Waals surface area contributed by atoms with Crippen molar-refractivity contribution in [3.05, 3.63) is 142 Å². The van der Waals surface area contributed by atoms with Crippen LogP contribution in [0.25, 0.3) is 0 Å². The lowest BCUT2D eigenvalue weighted by Crippen LogP contribution is -2.07. The predicted octanol–water partition coefficient (Wildman–Crippen LogP) is 7.73. The minimum absolute atomic E-state index is 0.862. The van der Waals surface area contributed by atoms with E-state index in [2.05, 4.69) is 131 Å². The number of imidazole rings is 2. The van der Waals surface area contributed by atoms with Crippen molar-refractivity contribution in [3.8, 4) is 0 Å². The summed E-state index contributed by atoms with van der Waals surface area (Å²) in [4.78, 5) is 9.01. The highest BCUT2D eigenvalue weighted by Gasteiger charge is 2.18. The average molecular weight is 645 g/mol. The van der Waals surface area contributed by atoms with Crippen molar-refractivity contribution < 1.29 is 0 Å². The third-order valence-electron chi connectivity index (χ3n) is 9.04. The molecule has 0 radical (unpaired) electrons. The van der Waals surface area contributed by atoms with Crippen molar-refractivity contribution in [1.82, 2.24) is 38.7 Å². The van der Waals surface area contributed by atoms with Crippen molar-refractivity contribution >= 4 is 0 Å². The Morgan fingerprint density at radius 2 is 1.12 bits per heavy atom. The van der Waals surface area contributed by atoms with Gasteiger partial charge in [-0.15, -0.1) is 0 Å². The van der Waals surface area contributed by atoms with E-state index in [9.17, 15) is 0 Å². The minimum Gasteiger partial charge on any atom is -0.333 e. The van der Waals surface area contributed by atoms with E-state index >= 15 is 0 Å². The molecule has 0 unspecified atom stereocenters. The molecule has 4 aromatic heterocycles. The van der Waals surface area contributed by atoms with Crippen LogP contribution in [-0.2, 0) is 64.7 Å². The van der Waals surface area contributed by atoms with E-state index in [-0.39, 0.29) is 0 Å². The van der Waals surface area contributed by atoms with Crippen LogP contribution in [0.3, 0.4) is 0 Å². The van der Waals surface area contributed by atoms with Crippen molar-refractivity contribution in [2.75, 3.05) is 0 Å². The molecule has 0 spiro atoms. The summed E-state index contributed by atoms with van der Waals surface area (Å²) in [5.41, 5.74) is 12.9. The second kappa shape index (κ2) is 16.9. The molecular weight excluding hydrogens is 592 g/mol. The van der Waals surface area contributed by atoms with Gasteiger partial charge in [0.05, 0.1) is 29.7 Å². The third-order valence-corrected chi connectivity index (χ3v) is 9.04. The van der Waals surface area contributed by atoms with Crippen LogP contribution in [-0.4, -0.2) is 38.7 Å². The van der Waals surface area contributed by atoms with Crippen LogP contribution in [0.5, 0.6) is 0 Å². The normalized spacial score (nSPS) is 11.1. The first-order chi connectivity index (χ1) is 23.5. The molecule has 0 aliphatic carbocycles. The number of hydrogen-bond acceptors (Lipinski definition) is 4. The van der Waals surface area contributed by atoms with Gasteiger partial charge in [0.2, 0.25) is 0 Å². The standard InChI is InChI=1S/2C20H26N4/c1-4-19-18(20(5-2)24(6-3)22-19)12-17-13-21-15-23(17)14-16-10-8-7-9-11-16;1-4-19-18(20(5-2)24(6-3)22-19)12-17-14-23(15-21-17)13-16-10-8-7-9-11-16/h7-11,13,15H,4-6,12,14H2,1-3H3;7-11,14-15H,4-6,12-13H2,1-3H3. The Morgan fingerprint density at radius 3 is 1.65 bits per heavy atom. The second-order valence-electron chi connectivity index (χ2n) is 12.2. The van der Waals surface area contributed by atoms with Gasteiger partial charge < -0.3 is 9.13 Å². The molecule has 252 valence electrons. The summed E-state index contributed by atoms with van der Waals surface area (Å²) in [5.74, 6) is 0. The number of hydrogen-bond donors (Lipinski definition) is 0. The summed E-state index contributed by atoms with van der Waals surface area (Å²) in [7, 11) is 0. The molecule has 6 aromatic rings. The first kappa shape index (κ1) is 34.6. The van der Waals surface area contributed by atoms with E-state index < -0.39 is 0 Å². The van der Waals surface area contributed by atoms with Gasteiger partial charge in [0.25, 0.3) is 0 Å². The highest BCUT2D eigenvalue weighted by molar-refractivity contribution is 5.32. The van der Waals surface area contributed by atoms with Crippen molar-refractivity contribution in [3.63, 3.8) is 0 Å². The number of nitrogens with zero attached hydrogens (tertiary/aromatic N) is 8. The van der Waals surface area contributed by atoms with Crippen molar-refractivity contribution in [1.29, 1.82) is 0 Å². The molecule has 8 nitrogen and oxygen atoms in total. The SMILES string of the molecule is CCc1nn(CC)c(CC)c1Cc1cn(Cc2ccccc2)cn1.CCc1nn(CC)c(CC)c1Cc1cncn1Cc1ccccc1. The first-order valence-corrected chi connectivity index (χ1v) is 17.7.